The summed E-state index contributed by atoms with van der Waals surface area (Å²) in [6.07, 6.45) is 2.44. The number of aromatic nitrogens is 4. The van der Waals surface area contributed by atoms with E-state index in [1.165, 1.54) is 0 Å². The Morgan fingerprint density at radius 2 is 2.14 bits per heavy atom. The van der Waals surface area contributed by atoms with Crippen LogP contribution in [0.5, 0.6) is 0 Å². The minimum atomic E-state index is -0.780. The quantitative estimate of drug-likeness (QED) is 0.819. The third-order valence-corrected chi connectivity index (χ3v) is 6.27. The number of aryl methyl sites for hydroxylation is 1. The average Bonchev–Trinajstić information content (AvgIpc) is 3.35. The number of fused-ring (bicyclic) bond motifs is 1. The highest BCUT2D eigenvalue weighted by atomic mass is 16.4. The minimum Gasteiger partial charge on any atom is -0.481 e. The second-order valence-corrected chi connectivity index (χ2v) is 8.47. The highest BCUT2D eigenvalue weighted by Crippen LogP contribution is 2.48. The van der Waals surface area contributed by atoms with Crippen molar-refractivity contribution in [1.29, 1.82) is 0 Å². The molecular weight excluding hydrogens is 372 g/mol. The zero-order valence-electron chi connectivity index (χ0n) is 16.9. The van der Waals surface area contributed by atoms with Crippen molar-refractivity contribution in [3.8, 4) is 5.69 Å². The Balaban J connectivity index is 1.49. The monoisotopic (exact) mass is 398 g/mol. The van der Waals surface area contributed by atoms with E-state index in [4.69, 9.17) is 0 Å². The van der Waals surface area contributed by atoms with Crippen molar-refractivity contribution in [3.63, 3.8) is 0 Å². The fraction of sp³-hybridized carbons (Fsp3) is 0.550. The van der Waals surface area contributed by atoms with Gasteiger partial charge in [0.2, 0.25) is 0 Å². The Morgan fingerprint density at radius 3 is 2.79 bits per heavy atom. The molecule has 2 fully saturated rings. The third-order valence-electron chi connectivity index (χ3n) is 6.27. The number of anilines is 1. The number of nitrogens with zero attached hydrogens (tertiary/aromatic N) is 5. The fourth-order valence-corrected chi connectivity index (χ4v) is 4.69. The van der Waals surface area contributed by atoms with Gasteiger partial charge in [-0.15, -0.1) is 5.10 Å². The Morgan fingerprint density at radius 1 is 1.34 bits per heavy atom. The van der Waals surface area contributed by atoms with E-state index in [1.807, 2.05) is 39.0 Å². The molecule has 154 valence electrons. The number of hydrogen-bond acceptors (Lipinski definition) is 5. The number of tetrazole rings is 1. The molecule has 1 aromatic heterocycles. The molecule has 1 aliphatic carbocycles. The van der Waals surface area contributed by atoms with E-state index >= 15 is 0 Å². The molecule has 2 heterocycles. The van der Waals surface area contributed by atoms with Gasteiger partial charge in [0.1, 0.15) is 0 Å². The van der Waals surface area contributed by atoms with Crippen LogP contribution in [-0.4, -0.2) is 55.3 Å². The molecule has 1 aromatic carbocycles. The number of benzene rings is 1. The largest absolute Gasteiger partial charge is 0.481 e. The maximum atomic E-state index is 12.8. The van der Waals surface area contributed by atoms with Crippen molar-refractivity contribution in [2.24, 2.45) is 11.3 Å². The highest BCUT2D eigenvalue weighted by Gasteiger charge is 2.55. The molecule has 1 saturated heterocycles. The molecule has 4 rings (SSSR count). The number of carbonyl (C=O) groups excluding carboxylic acids is 1. The number of carboxylic acid groups (broad SMARTS) is 1. The van der Waals surface area contributed by atoms with Crippen LogP contribution in [-0.2, 0) is 4.79 Å². The molecular formula is C20H26N6O3. The summed E-state index contributed by atoms with van der Waals surface area (Å²) in [7, 11) is 0. The molecule has 0 radical (unpaired) electrons. The number of carbonyl (C=O) groups is 2. The van der Waals surface area contributed by atoms with Crippen LogP contribution in [0.4, 0.5) is 10.5 Å². The lowest BCUT2D eigenvalue weighted by atomic mass is 9.81. The van der Waals surface area contributed by atoms with E-state index in [9.17, 15) is 14.7 Å². The van der Waals surface area contributed by atoms with E-state index in [1.54, 1.807) is 9.58 Å². The number of likely N-dealkylation sites (tertiary alicyclic amines) is 1. The van der Waals surface area contributed by atoms with Crippen molar-refractivity contribution >= 4 is 17.7 Å². The van der Waals surface area contributed by atoms with Crippen LogP contribution in [0.15, 0.2) is 18.2 Å². The smallest absolute Gasteiger partial charge is 0.321 e. The topological polar surface area (TPSA) is 113 Å². The van der Waals surface area contributed by atoms with Crippen LogP contribution >= 0.6 is 0 Å². The molecule has 9 heteroatoms. The second kappa shape index (κ2) is 7.13. The van der Waals surface area contributed by atoms with Gasteiger partial charge in [-0.2, -0.15) is 4.68 Å². The van der Waals surface area contributed by atoms with Gasteiger partial charge in [0, 0.05) is 24.7 Å². The van der Waals surface area contributed by atoms with Gasteiger partial charge >= 0.3 is 12.0 Å². The molecule has 2 aliphatic rings. The van der Waals surface area contributed by atoms with Crippen LogP contribution in [0, 0.1) is 18.3 Å². The lowest BCUT2D eigenvalue weighted by Crippen LogP contribution is -2.38. The summed E-state index contributed by atoms with van der Waals surface area (Å²) in [6.45, 7) is 6.77. The molecule has 1 aliphatic heterocycles. The summed E-state index contributed by atoms with van der Waals surface area (Å²) >= 11 is 0. The SMILES string of the molecule is Cc1cc(NC(=O)N2C[C@@H]3CCC[C@@]3(C(=O)O)C2)ccc1-n1nnnc1C(C)C. The van der Waals surface area contributed by atoms with Crippen molar-refractivity contribution < 1.29 is 14.7 Å². The Bertz CT molecular complexity index is 955. The molecule has 1 saturated carbocycles. The lowest BCUT2D eigenvalue weighted by molar-refractivity contribution is -0.149. The molecule has 9 nitrogen and oxygen atoms in total. The van der Waals surface area contributed by atoms with Gasteiger partial charge in [-0.3, -0.25) is 4.79 Å². The molecule has 2 aromatic rings. The fourth-order valence-electron chi connectivity index (χ4n) is 4.69. The van der Waals surface area contributed by atoms with Crippen LogP contribution in [0.25, 0.3) is 5.69 Å². The number of aliphatic carboxylic acids is 1. The van der Waals surface area contributed by atoms with Crippen LogP contribution in [0.2, 0.25) is 0 Å². The van der Waals surface area contributed by atoms with Crippen molar-refractivity contribution in [2.75, 3.05) is 18.4 Å². The zero-order chi connectivity index (χ0) is 20.8. The van der Waals surface area contributed by atoms with E-state index < -0.39 is 11.4 Å². The van der Waals surface area contributed by atoms with Crippen molar-refractivity contribution in [3.05, 3.63) is 29.6 Å². The van der Waals surface area contributed by atoms with Crippen LogP contribution in [0.1, 0.15) is 50.4 Å². The van der Waals surface area contributed by atoms with E-state index in [0.29, 0.717) is 18.7 Å². The summed E-state index contributed by atoms with van der Waals surface area (Å²) in [6, 6.07) is 5.32. The first-order valence-corrected chi connectivity index (χ1v) is 10.0. The molecule has 2 N–H and O–H groups in total. The molecule has 0 spiro atoms. The molecule has 2 atom stereocenters. The predicted octanol–water partition coefficient (Wildman–Crippen LogP) is 2.81. The second-order valence-electron chi connectivity index (χ2n) is 8.47. The first kappa shape index (κ1) is 19.4. The number of carboxylic acids is 1. The standard InChI is InChI=1S/C20H26N6O3/c1-12(2)17-22-23-24-26(17)16-7-6-15(9-13(16)3)21-19(29)25-10-14-5-4-8-20(14,11-25)18(27)28/h6-7,9,12,14H,4-5,8,10-11H2,1-3H3,(H,21,29)(H,27,28)/t14-,20+/m0/s1. The van der Waals surface area contributed by atoms with E-state index in [-0.39, 0.29) is 24.4 Å². The summed E-state index contributed by atoms with van der Waals surface area (Å²) < 4.78 is 1.71. The Hall–Kier alpha value is -2.97. The summed E-state index contributed by atoms with van der Waals surface area (Å²) in [4.78, 5) is 26.2. The minimum absolute atomic E-state index is 0.0455. The number of amides is 2. The lowest BCUT2D eigenvalue weighted by Gasteiger charge is -2.23. The maximum absolute atomic E-state index is 12.8. The van der Waals surface area contributed by atoms with Crippen molar-refractivity contribution in [1.82, 2.24) is 25.1 Å². The van der Waals surface area contributed by atoms with Crippen LogP contribution < -0.4 is 5.32 Å². The van der Waals surface area contributed by atoms with Crippen molar-refractivity contribution in [2.45, 2.75) is 46.0 Å². The summed E-state index contributed by atoms with van der Waals surface area (Å²) in [5.41, 5.74) is 1.68. The third kappa shape index (κ3) is 3.24. The molecule has 0 unspecified atom stereocenters. The van der Waals surface area contributed by atoms with Gasteiger partial charge in [-0.25, -0.2) is 4.79 Å². The van der Waals surface area contributed by atoms with Gasteiger partial charge in [0.25, 0.3) is 0 Å². The van der Waals surface area contributed by atoms with Gasteiger partial charge in [-0.1, -0.05) is 20.3 Å². The molecule has 0 bridgehead atoms. The van der Waals surface area contributed by atoms with Gasteiger partial charge in [0.05, 0.1) is 11.1 Å². The van der Waals surface area contributed by atoms with Gasteiger partial charge < -0.3 is 15.3 Å². The van der Waals surface area contributed by atoms with E-state index in [2.05, 4.69) is 20.8 Å². The van der Waals surface area contributed by atoms with Gasteiger partial charge in [0.15, 0.2) is 5.82 Å². The highest BCUT2D eigenvalue weighted by molar-refractivity contribution is 5.91. The maximum Gasteiger partial charge on any atom is 0.321 e. The first-order chi connectivity index (χ1) is 13.8. The predicted molar refractivity (Wildman–Crippen MR) is 106 cm³/mol. The normalized spacial score (nSPS) is 23.4. The summed E-state index contributed by atoms with van der Waals surface area (Å²) in [5.74, 6) is 0.217. The number of nitrogens with one attached hydrogen (secondary N) is 1. The molecule has 29 heavy (non-hydrogen) atoms. The first-order valence-electron chi connectivity index (χ1n) is 10.0. The Kier molecular flexibility index (Phi) is 4.76. The Labute approximate surface area is 169 Å². The van der Waals surface area contributed by atoms with E-state index in [0.717, 1.165) is 29.9 Å². The summed E-state index contributed by atoms with van der Waals surface area (Å²) in [5, 5.41) is 24.6. The average molecular weight is 398 g/mol. The number of urea groups is 1. The number of rotatable bonds is 4. The number of hydrogen-bond donors (Lipinski definition) is 2. The van der Waals surface area contributed by atoms with Crippen LogP contribution in [0.3, 0.4) is 0 Å². The molecule has 2 amide bonds. The zero-order valence-corrected chi connectivity index (χ0v) is 16.9. The van der Waals surface area contributed by atoms with Gasteiger partial charge in [-0.05, 0) is 59.9 Å².